The van der Waals surface area contributed by atoms with Crippen LogP contribution in [0.25, 0.3) is 0 Å². The summed E-state index contributed by atoms with van der Waals surface area (Å²) in [6, 6.07) is 8.83. The highest BCUT2D eigenvalue weighted by Gasteiger charge is 2.23. The molecule has 2 rings (SSSR count). The molecule has 0 saturated carbocycles. The Hall–Kier alpha value is -1.53. The van der Waals surface area contributed by atoms with Crippen molar-refractivity contribution in [2.24, 2.45) is 5.92 Å². The van der Waals surface area contributed by atoms with Crippen molar-refractivity contribution in [3.05, 3.63) is 35.4 Å². The van der Waals surface area contributed by atoms with E-state index in [-0.39, 0.29) is 5.91 Å². The summed E-state index contributed by atoms with van der Waals surface area (Å²) in [7, 11) is 0. The zero-order valence-electron chi connectivity index (χ0n) is 10.1. The highest BCUT2D eigenvalue weighted by atomic mass is 35.5. The number of hydrogen-bond donors (Lipinski definition) is 0. The summed E-state index contributed by atoms with van der Waals surface area (Å²) in [5.74, 6) is 1.05. The number of alkyl halides is 1. The molecule has 1 fully saturated rings. The van der Waals surface area contributed by atoms with Gasteiger partial charge in [0.2, 0.25) is 0 Å². The Morgan fingerprint density at radius 2 is 2.17 bits per heavy atom. The van der Waals surface area contributed by atoms with Gasteiger partial charge in [-0.2, -0.15) is 5.26 Å². The van der Waals surface area contributed by atoms with Crippen LogP contribution in [0.4, 0.5) is 0 Å². The number of likely N-dealkylation sites (tertiary alicyclic amines) is 1. The van der Waals surface area contributed by atoms with Gasteiger partial charge in [-0.1, -0.05) is 0 Å². The first-order valence-corrected chi connectivity index (χ1v) is 6.63. The normalized spacial score (nSPS) is 19.3. The van der Waals surface area contributed by atoms with Crippen molar-refractivity contribution < 1.29 is 4.79 Å². The highest BCUT2D eigenvalue weighted by molar-refractivity contribution is 6.18. The van der Waals surface area contributed by atoms with Gasteiger partial charge in [0.25, 0.3) is 5.91 Å². The standard InChI is InChI=1S/C14H15ClN2O/c15-8-12-2-1-7-17(10-12)14(18)13-5-3-11(9-16)4-6-13/h3-6,12H,1-2,7-8,10H2. The maximum absolute atomic E-state index is 12.3. The third-order valence-corrected chi connectivity index (χ3v) is 3.72. The first-order valence-electron chi connectivity index (χ1n) is 6.10. The smallest absolute Gasteiger partial charge is 0.253 e. The van der Waals surface area contributed by atoms with Gasteiger partial charge in [-0.15, -0.1) is 11.6 Å². The van der Waals surface area contributed by atoms with Crippen molar-refractivity contribution in [3.63, 3.8) is 0 Å². The lowest BCUT2D eigenvalue weighted by molar-refractivity contribution is 0.0685. The Bertz CT molecular complexity index is 464. The number of amides is 1. The molecule has 1 aliphatic rings. The van der Waals surface area contributed by atoms with Crippen LogP contribution in [0.3, 0.4) is 0 Å². The molecular formula is C14H15ClN2O. The van der Waals surface area contributed by atoms with E-state index in [0.717, 1.165) is 25.9 Å². The fraction of sp³-hybridized carbons (Fsp3) is 0.429. The molecule has 3 nitrogen and oxygen atoms in total. The van der Waals surface area contributed by atoms with Crippen molar-refractivity contribution in [1.29, 1.82) is 5.26 Å². The van der Waals surface area contributed by atoms with Gasteiger partial charge < -0.3 is 4.90 Å². The second kappa shape index (κ2) is 5.88. The molecule has 0 radical (unpaired) electrons. The largest absolute Gasteiger partial charge is 0.338 e. The predicted octanol–water partition coefficient (Wildman–Crippen LogP) is 2.65. The third-order valence-electron chi connectivity index (χ3n) is 3.29. The Morgan fingerprint density at radius 1 is 1.44 bits per heavy atom. The minimum absolute atomic E-state index is 0.0364. The van der Waals surface area contributed by atoms with Gasteiger partial charge in [0.15, 0.2) is 0 Å². The maximum atomic E-state index is 12.3. The first kappa shape index (κ1) is 12.9. The van der Waals surface area contributed by atoms with Gasteiger partial charge >= 0.3 is 0 Å². The lowest BCUT2D eigenvalue weighted by Crippen LogP contribution is -2.40. The Morgan fingerprint density at radius 3 is 2.78 bits per heavy atom. The summed E-state index contributed by atoms with van der Waals surface area (Å²) in [5.41, 5.74) is 1.22. The molecule has 4 heteroatoms. The van der Waals surface area contributed by atoms with Crippen LogP contribution >= 0.6 is 11.6 Å². The summed E-state index contributed by atoms with van der Waals surface area (Å²) in [4.78, 5) is 14.1. The highest BCUT2D eigenvalue weighted by Crippen LogP contribution is 2.19. The van der Waals surface area contributed by atoms with E-state index < -0.39 is 0 Å². The van der Waals surface area contributed by atoms with Gasteiger partial charge in [-0.25, -0.2) is 0 Å². The topological polar surface area (TPSA) is 44.1 Å². The summed E-state index contributed by atoms with van der Waals surface area (Å²) in [6.45, 7) is 1.54. The average molecular weight is 263 g/mol. The van der Waals surface area contributed by atoms with Gasteiger partial charge in [0, 0.05) is 24.5 Å². The molecule has 1 unspecified atom stereocenters. The van der Waals surface area contributed by atoms with Crippen molar-refractivity contribution in [3.8, 4) is 6.07 Å². The monoisotopic (exact) mass is 262 g/mol. The van der Waals surface area contributed by atoms with E-state index >= 15 is 0 Å². The summed E-state index contributed by atoms with van der Waals surface area (Å²) in [6.07, 6.45) is 2.11. The minimum Gasteiger partial charge on any atom is -0.338 e. The van der Waals surface area contributed by atoms with Crippen LogP contribution < -0.4 is 0 Å². The number of rotatable bonds is 2. The van der Waals surface area contributed by atoms with Crippen molar-refractivity contribution >= 4 is 17.5 Å². The van der Waals surface area contributed by atoms with Crippen molar-refractivity contribution in [1.82, 2.24) is 4.90 Å². The second-order valence-electron chi connectivity index (χ2n) is 4.60. The quantitative estimate of drug-likeness (QED) is 0.769. The average Bonchev–Trinajstić information content (AvgIpc) is 2.46. The fourth-order valence-electron chi connectivity index (χ4n) is 2.25. The number of hydrogen-bond acceptors (Lipinski definition) is 2. The van der Waals surface area contributed by atoms with Gasteiger partial charge in [-0.3, -0.25) is 4.79 Å². The van der Waals surface area contributed by atoms with E-state index in [1.54, 1.807) is 24.3 Å². The van der Waals surface area contributed by atoms with Crippen LogP contribution in [-0.2, 0) is 0 Å². The summed E-state index contributed by atoms with van der Waals surface area (Å²) >= 11 is 5.86. The predicted molar refractivity (Wildman–Crippen MR) is 70.5 cm³/mol. The maximum Gasteiger partial charge on any atom is 0.253 e. The number of carbonyl (C=O) groups is 1. The van der Waals surface area contributed by atoms with E-state index in [2.05, 4.69) is 0 Å². The lowest BCUT2D eigenvalue weighted by Gasteiger charge is -2.31. The SMILES string of the molecule is N#Cc1ccc(C(=O)N2CCCC(CCl)C2)cc1. The number of benzene rings is 1. The fourth-order valence-corrected chi connectivity index (χ4v) is 2.50. The lowest BCUT2D eigenvalue weighted by atomic mass is 9.99. The van der Waals surface area contributed by atoms with Crippen LogP contribution in [0, 0.1) is 17.2 Å². The van der Waals surface area contributed by atoms with Crippen LogP contribution in [0.2, 0.25) is 0 Å². The third kappa shape index (κ3) is 2.83. The number of nitrogens with zero attached hydrogens (tertiary/aromatic N) is 2. The Balaban J connectivity index is 2.08. The first-order chi connectivity index (χ1) is 8.74. The van der Waals surface area contributed by atoms with Crippen LogP contribution in [-0.4, -0.2) is 29.8 Å². The molecule has 0 aliphatic carbocycles. The minimum atomic E-state index is 0.0364. The van der Waals surface area contributed by atoms with Gasteiger partial charge in [-0.05, 0) is 43.0 Å². The van der Waals surface area contributed by atoms with Gasteiger partial charge in [0.05, 0.1) is 11.6 Å². The molecule has 0 bridgehead atoms. The Labute approximate surface area is 112 Å². The second-order valence-corrected chi connectivity index (χ2v) is 4.91. The van der Waals surface area contributed by atoms with E-state index in [1.807, 2.05) is 11.0 Å². The molecule has 1 atom stereocenters. The van der Waals surface area contributed by atoms with Gasteiger partial charge in [0.1, 0.15) is 0 Å². The Kier molecular flexibility index (Phi) is 4.22. The van der Waals surface area contributed by atoms with Crippen LogP contribution in [0.1, 0.15) is 28.8 Å². The number of nitriles is 1. The van der Waals surface area contributed by atoms with Crippen LogP contribution in [0.15, 0.2) is 24.3 Å². The molecule has 0 spiro atoms. The van der Waals surface area contributed by atoms with E-state index in [4.69, 9.17) is 16.9 Å². The number of halogens is 1. The summed E-state index contributed by atoms with van der Waals surface area (Å²) in [5, 5.41) is 8.72. The van der Waals surface area contributed by atoms with Crippen molar-refractivity contribution in [2.75, 3.05) is 19.0 Å². The van der Waals surface area contributed by atoms with E-state index in [1.165, 1.54) is 0 Å². The number of carbonyl (C=O) groups excluding carboxylic acids is 1. The molecule has 1 heterocycles. The van der Waals surface area contributed by atoms with Crippen LogP contribution in [0.5, 0.6) is 0 Å². The molecule has 1 aliphatic heterocycles. The van der Waals surface area contributed by atoms with E-state index in [9.17, 15) is 4.79 Å². The molecule has 1 aromatic carbocycles. The molecular weight excluding hydrogens is 248 g/mol. The summed E-state index contributed by atoms with van der Waals surface area (Å²) < 4.78 is 0. The number of piperidine rings is 1. The molecule has 0 N–H and O–H groups in total. The zero-order valence-corrected chi connectivity index (χ0v) is 10.9. The molecule has 1 amide bonds. The molecule has 0 aromatic heterocycles. The molecule has 94 valence electrons. The van der Waals surface area contributed by atoms with E-state index in [0.29, 0.717) is 22.9 Å². The van der Waals surface area contributed by atoms with Crippen molar-refractivity contribution in [2.45, 2.75) is 12.8 Å². The molecule has 1 aromatic rings. The zero-order chi connectivity index (χ0) is 13.0. The molecule has 18 heavy (non-hydrogen) atoms. The molecule has 1 saturated heterocycles.